The highest BCUT2D eigenvalue weighted by Crippen LogP contribution is 2.39. The number of carbonyl (C=O) groups is 1. The van der Waals surface area contributed by atoms with Crippen molar-refractivity contribution in [3.05, 3.63) is 53.1 Å². The first kappa shape index (κ1) is 28.4. The number of piperazine rings is 1. The van der Waals surface area contributed by atoms with Gasteiger partial charge in [-0.25, -0.2) is 5.01 Å². The Morgan fingerprint density at radius 3 is 2.24 bits per heavy atom. The summed E-state index contributed by atoms with van der Waals surface area (Å²) in [5.74, 6) is 1.63. The average molecular weight is 510 g/mol. The highest BCUT2D eigenvalue weighted by atomic mass is 16.5. The number of amides is 1. The van der Waals surface area contributed by atoms with Crippen molar-refractivity contribution in [3.63, 3.8) is 0 Å². The Morgan fingerprint density at radius 1 is 0.946 bits per heavy atom. The van der Waals surface area contributed by atoms with Gasteiger partial charge in [0.05, 0.1) is 20.8 Å². The fourth-order valence-corrected chi connectivity index (χ4v) is 4.60. The highest BCUT2D eigenvalue weighted by molar-refractivity contribution is 5.91. The lowest BCUT2D eigenvalue weighted by atomic mass is 10.1. The maximum absolute atomic E-state index is 12.6. The summed E-state index contributed by atoms with van der Waals surface area (Å²) in [6.07, 6.45) is 9.15. The van der Waals surface area contributed by atoms with Crippen LogP contribution in [-0.2, 0) is 4.79 Å². The number of hydrogen-bond acceptors (Lipinski definition) is 6. The van der Waals surface area contributed by atoms with Crippen molar-refractivity contribution in [1.82, 2.24) is 10.4 Å². The molecule has 2 aromatic carbocycles. The summed E-state index contributed by atoms with van der Waals surface area (Å²) in [6, 6.07) is 10.3. The van der Waals surface area contributed by atoms with Gasteiger partial charge in [-0.2, -0.15) is 0 Å². The molecule has 1 aliphatic rings. The number of hydrazine groups is 1. The topological polar surface area (TPSA) is 63.3 Å². The van der Waals surface area contributed by atoms with E-state index in [0.717, 1.165) is 44.6 Å². The lowest BCUT2D eigenvalue weighted by molar-refractivity contribution is -0.121. The van der Waals surface area contributed by atoms with Crippen molar-refractivity contribution in [1.29, 1.82) is 0 Å². The second-order valence-electron chi connectivity index (χ2n) is 9.59. The second-order valence-corrected chi connectivity index (χ2v) is 9.59. The van der Waals surface area contributed by atoms with Crippen molar-refractivity contribution in [2.45, 2.75) is 52.9 Å². The van der Waals surface area contributed by atoms with E-state index < -0.39 is 0 Å². The van der Waals surface area contributed by atoms with Crippen LogP contribution in [-0.4, -0.2) is 57.9 Å². The van der Waals surface area contributed by atoms with Crippen molar-refractivity contribution in [2.24, 2.45) is 0 Å². The predicted molar refractivity (Wildman–Crippen MR) is 151 cm³/mol. The van der Waals surface area contributed by atoms with E-state index in [9.17, 15) is 4.79 Å². The molecule has 1 saturated heterocycles. The van der Waals surface area contributed by atoms with Crippen molar-refractivity contribution in [2.75, 3.05) is 51.9 Å². The molecule has 37 heavy (non-hydrogen) atoms. The molecular weight excluding hydrogens is 466 g/mol. The minimum absolute atomic E-state index is 0.162. The molecule has 1 aliphatic heterocycles. The summed E-state index contributed by atoms with van der Waals surface area (Å²) >= 11 is 0. The average Bonchev–Trinajstić information content (AvgIpc) is 2.90. The first-order valence-corrected chi connectivity index (χ1v) is 13.4. The van der Waals surface area contributed by atoms with E-state index in [4.69, 9.17) is 14.2 Å². The zero-order chi connectivity index (χ0) is 26.6. The van der Waals surface area contributed by atoms with Crippen LogP contribution in [0.25, 0.3) is 6.08 Å². The third-order valence-electron chi connectivity index (χ3n) is 6.65. The molecule has 0 aliphatic carbocycles. The Balaban J connectivity index is 1.53. The Morgan fingerprint density at radius 2 is 1.62 bits per heavy atom. The number of aryl methyl sites for hydroxylation is 2. The monoisotopic (exact) mass is 509 g/mol. The summed E-state index contributed by atoms with van der Waals surface area (Å²) < 4.78 is 17.1. The predicted octanol–water partition coefficient (Wildman–Crippen LogP) is 5.54. The molecular formula is C30H43N3O4. The molecule has 2 aromatic rings. The minimum atomic E-state index is -0.162. The van der Waals surface area contributed by atoms with E-state index >= 15 is 0 Å². The lowest BCUT2D eigenvalue weighted by Gasteiger charge is -2.36. The van der Waals surface area contributed by atoms with Crippen LogP contribution in [0.3, 0.4) is 0 Å². The summed E-state index contributed by atoms with van der Waals surface area (Å²) in [6.45, 7) is 10.3. The van der Waals surface area contributed by atoms with Crippen LogP contribution in [0.2, 0.25) is 0 Å². The van der Waals surface area contributed by atoms with Gasteiger partial charge in [-0.3, -0.25) is 10.2 Å². The molecule has 3 rings (SSSR count). The smallest absolute Gasteiger partial charge is 0.258 e. The zero-order valence-corrected chi connectivity index (χ0v) is 23.1. The number of rotatable bonds is 13. The van der Waals surface area contributed by atoms with Crippen molar-refractivity contribution < 1.29 is 19.0 Å². The van der Waals surface area contributed by atoms with E-state index in [-0.39, 0.29) is 5.91 Å². The number of nitrogens with zero attached hydrogens (tertiary/aromatic N) is 2. The van der Waals surface area contributed by atoms with Gasteiger partial charge in [0.15, 0.2) is 11.5 Å². The van der Waals surface area contributed by atoms with Crippen LogP contribution in [0.15, 0.2) is 36.4 Å². The van der Waals surface area contributed by atoms with E-state index in [1.807, 2.05) is 17.1 Å². The molecule has 7 nitrogen and oxygen atoms in total. The van der Waals surface area contributed by atoms with E-state index in [1.165, 1.54) is 36.1 Å². The number of carbonyl (C=O) groups excluding carboxylic acids is 1. The quantitative estimate of drug-likeness (QED) is 0.283. The third-order valence-corrected chi connectivity index (χ3v) is 6.65. The van der Waals surface area contributed by atoms with E-state index in [2.05, 4.69) is 49.3 Å². The van der Waals surface area contributed by atoms with Gasteiger partial charge in [-0.15, -0.1) is 0 Å². The minimum Gasteiger partial charge on any atom is -0.493 e. The van der Waals surface area contributed by atoms with Crippen LogP contribution in [0.1, 0.15) is 55.7 Å². The molecule has 0 atom stereocenters. The van der Waals surface area contributed by atoms with Gasteiger partial charge < -0.3 is 19.1 Å². The number of anilines is 1. The van der Waals surface area contributed by atoms with Gasteiger partial charge in [0, 0.05) is 37.9 Å². The van der Waals surface area contributed by atoms with Crippen molar-refractivity contribution >= 4 is 17.7 Å². The van der Waals surface area contributed by atoms with Crippen LogP contribution in [0, 0.1) is 13.8 Å². The van der Waals surface area contributed by atoms with Crippen LogP contribution < -0.4 is 24.5 Å². The maximum atomic E-state index is 12.6. The number of benzene rings is 2. The molecule has 202 valence electrons. The van der Waals surface area contributed by atoms with E-state index in [0.29, 0.717) is 23.9 Å². The Hall–Kier alpha value is -3.19. The number of nitrogens with one attached hydrogen (secondary N) is 1. The molecule has 1 amide bonds. The largest absolute Gasteiger partial charge is 0.493 e. The number of ether oxygens (including phenoxy) is 3. The van der Waals surface area contributed by atoms with Gasteiger partial charge in [0.25, 0.3) is 5.91 Å². The van der Waals surface area contributed by atoms with Crippen LogP contribution in [0.4, 0.5) is 5.69 Å². The van der Waals surface area contributed by atoms with Crippen molar-refractivity contribution in [3.8, 4) is 17.2 Å². The lowest BCUT2D eigenvalue weighted by Crippen LogP contribution is -2.53. The van der Waals surface area contributed by atoms with Gasteiger partial charge in [-0.1, -0.05) is 50.3 Å². The molecule has 0 spiro atoms. The van der Waals surface area contributed by atoms with Gasteiger partial charge in [0.1, 0.15) is 0 Å². The number of methoxy groups -OCH3 is 2. The van der Waals surface area contributed by atoms with E-state index in [1.54, 1.807) is 26.4 Å². The molecule has 1 fully saturated rings. The Kier molecular flexibility index (Phi) is 11.1. The van der Waals surface area contributed by atoms with Crippen LogP contribution in [0.5, 0.6) is 17.2 Å². The fraction of sp³-hybridized carbons (Fsp3) is 0.500. The summed E-state index contributed by atoms with van der Waals surface area (Å²) in [7, 11) is 3.22. The second kappa shape index (κ2) is 14.5. The summed E-state index contributed by atoms with van der Waals surface area (Å²) in [5.41, 5.74) is 7.63. The van der Waals surface area contributed by atoms with Gasteiger partial charge in [0.2, 0.25) is 5.75 Å². The Labute approximate surface area is 222 Å². The molecule has 1 N–H and O–H groups in total. The summed E-state index contributed by atoms with van der Waals surface area (Å²) in [5, 5.41) is 1.98. The maximum Gasteiger partial charge on any atom is 0.258 e. The zero-order valence-electron chi connectivity index (χ0n) is 23.1. The molecule has 7 heteroatoms. The van der Waals surface area contributed by atoms with Gasteiger partial charge in [-0.05, 0) is 55.7 Å². The fourth-order valence-electron chi connectivity index (χ4n) is 4.60. The molecule has 0 aromatic heterocycles. The van der Waals surface area contributed by atoms with Gasteiger partial charge >= 0.3 is 0 Å². The van der Waals surface area contributed by atoms with Crippen LogP contribution >= 0.6 is 0 Å². The molecule has 0 bridgehead atoms. The normalized spacial score (nSPS) is 14.1. The highest BCUT2D eigenvalue weighted by Gasteiger charge is 2.19. The first-order chi connectivity index (χ1) is 17.9. The number of hydrogen-bond donors (Lipinski definition) is 1. The summed E-state index contributed by atoms with van der Waals surface area (Å²) in [4.78, 5) is 15.0. The Bertz CT molecular complexity index is 1020. The number of unbranched alkanes of at least 4 members (excludes halogenated alkanes) is 4. The first-order valence-electron chi connectivity index (χ1n) is 13.4. The molecule has 0 radical (unpaired) electrons. The standard InChI is InChI=1S/C30H43N3O4/c1-6-7-8-9-10-19-37-30-27(35-4)21-25(22-28(30)36-5)12-14-29(34)31-33-17-15-32(16-18-33)26-13-11-23(2)20-24(26)3/h11-14,20-22H,6-10,15-19H2,1-5H3,(H,31,34). The SMILES string of the molecule is CCCCCCCOc1c(OC)cc(C=CC(=O)NN2CCN(c3ccc(C)cc3C)CC2)cc1OC. The molecule has 0 unspecified atom stereocenters. The molecule has 1 heterocycles. The third kappa shape index (κ3) is 8.42. The molecule has 0 saturated carbocycles.